The predicted molar refractivity (Wildman–Crippen MR) is 157 cm³/mol. The molecule has 0 aliphatic carbocycles. The lowest BCUT2D eigenvalue weighted by Gasteiger charge is -2.19. The fourth-order valence-electron chi connectivity index (χ4n) is 3.78. The molecule has 184 valence electrons. The number of hydrogen-bond acceptors (Lipinski definition) is 0. The van der Waals surface area contributed by atoms with Crippen LogP contribution in [0.15, 0.2) is 78.9 Å². The smallest absolute Gasteiger partial charge is 0.0405 e. The molecule has 0 aliphatic rings. The highest BCUT2D eigenvalue weighted by molar-refractivity contribution is 5.81. The average molecular weight is 473 g/mol. The van der Waals surface area contributed by atoms with Crippen LogP contribution in [0.4, 0.5) is 0 Å². The van der Waals surface area contributed by atoms with E-state index in [4.69, 9.17) is 0 Å². The van der Waals surface area contributed by atoms with Crippen molar-refractivity contribution in [1.82, 2.24) is 0 Å². The molecule has 0 fully saturated rings. The van der Waals surface area contributed by atoms with E-state index in [9.17, 15) is 0 Å². The van der Waals surface area contributed by atoms with E-state index in [0.29, 0.717) is 0 Å². The summed E-state index contributed by atoms with van der Waals surface area (Å²) >= 11 is 0. The van der Waals surface area contributed by atoms with Crippen molar-refractivity contribution in [3.05, 3.63) is 112 Å². The van der Waals surface area contributed by atoms with Crippen molar-refractivity contribution in [2.75, 3.05) is 0 Å². The molecular formula is C36H40. The third-order valence-electron chi connectivity index (χ3n) is 6.34. The lowest BCUT2D eigenvalue weighted by Crippen LogP contribution is -2.10. The normalized spacial score (nSPS) is 12.3. The summed E-state index contributed by atoms with van der Waals surface area (Å²) in [6, 6.07) is 25.8. The van der Waals surface area contributed by atoms with Gasteiger partial charge in [0.25, 0.3) is 0 Å². The van der Waals surface area contributed by atoms with Gasteiger partial charge in [0.05, 0.1) is 0 Å². The molecule has 0 atom stereocenters. The molecule has 0 bridgehead atoms. The lowest BCUT2D eigenvalue weighted by molar-refractivity contribution is 0.590. The molecule has 0 amide bonds. The van der Waals surface area contributed by atoms with Crippen LogP contribution in [0.2, 0.25) is 0 Å². The lowest BCUT2D eigenvalue weighted by atomic mass is 9.86. The maximum absolute atomic E-state index is 3.39. The first-order chi connectivity index (χ1) is 16.7. The van der Waals surface area contributed by atoms with Crippen molar-refractivity contribution < 1.29 is 0 Å². The molecule has 0 heterocycles. The van der Waals surface area contributed by atoms with Gasteiger partial charge < -0.3 is 0 Å². The fourth-order valence-corrected chi connectivity index (χ4v) is 3.78. The van der Waals surface area contributed by atoms with Crippen LogP contribution >= 0.6 is 0 Å². The molecule has 0 saturated carbocycles. The van der Waals surface area contributed by atoms with Crippen LogP contribution in [0, 0.1) is 23.7 Å². The topological polar surface area (TPSA) is 0 Å². The van der Waals surface area contributed by atoms with Gasteiger partial charge in [-0.05, 0) is 62.8 Å². The molecule has 0 aromatic heterocycles. The van der Waals surface area contributed by atoms with Gasteiger partial charge in [-0.1, -0.05) is 135 Å². The summed E-state index contributed by atoms with van der Waals surface area (Å²) in [4.78, 5) is 0. The molecule has 0 aliphatic heterocycles. The second-order valence-corrected chi connectivity index (χ2v) is 12.6. The van der Waals surface area contributed by atoms with E-state index in [1.54, 1.807) is 0 Å². The highest BCUT2D eigenvalue weighted by Gasteiger charge is 2.14. The highest BCUT2D eigenvalue weighted by atomic mass is 14.2. The van der Waals surface area contributed by atoms with Gasteiger partial charge in [-0.15, -0.1) is 0 Å². The minimum atomic E-state index is 0.113. The van der Waals surface area contributed by atoms with Gasteiger partial charge in [0.2, 0.25) is 0 Å². The third kappa shape index (κ3) is 7.51. The summed E-state index contributed by atoms with van der Waals surface area (Å²) in [6.45, 7) is 20.1. The van der Waals surface area contributed by atoms with Gasteiger partial charge in [0.15, 0.2) is 0 Å². The molecule has 3 aromatic carbocycles. The van der Waals surface area contributed by atoms with Crippen molar-refractivity contribution in [3.63, 3.8) is 0 Å². The molecule has 0 N–H and O–H groups in total. The molecule has 3 rings (SSSR count). The number of rotatable bonds is 1. The first-order valence-electron chi connectivity index (χ1n) is 12.8. The van der Waals surface area contributed by atoms with Gasteiger partial charge in [-0.3, -0.25) is 0 Å². The Morgan fingerprint density at radius 3 is 1.25 bits per heavy atom. The Kier molecular flexibility index (Phi) is 8.02. The zero-order valence-corrected chi connectivity index (χ0v) is 23.5. The number of hydrogen-bond donors (Lipinski definition) is 0. The second-order valence-electron chi connectivity index (χ2n) is 12.6. The van der Waals surface area contributed by atoms with Crippen LogP contribution in [-0.4, -0.2) is 0 Å². The van der Waals surface area contributed by atoms with Crippen molar-refractivity contribution in [1.29, 1.82) is 0 Å². The predicted octanol–water partition coefficient (Wildman–Crippen LogP) is 9.07. The minimum Gasteiger partial charge on any atom is -0.0683 e. The molecule has 0 saturated heterocycles. The number of allylic oxidation sites excluding steroid dienone is 2. The van der Waals surface area contributed by atoms with Crippen LogP contribution in [0.25, 0.3) is 5.57 Å². The van der Waals surface area contributed by atoms with Gasteiger partial charge in [0, 0.05) is 22.8 Å². The maximum atomic E-state index is 3.39. The van der Waals surface area contributed by atoms with E-state index < -0.39 is 0 Å². The van der Waals surface area contributed by atoms with Crippen LogP contribution in [0.3, 0.4) is 0 Å². The van der Waals surface area contributed by atoms with Crippen molar-refractivity contribution in [3.8, 4) is 23.7 Å². The third-order valence-corrected chi connectivity index (χ3v) is 6.34. The molecule has 0 unspecified atom stereocenters. The first-order valence-corrected chi connectivity index (χ1v) is 12.8. The van der Waals surface area contributed by atoms with Crippen LogP contribution < -0.4 is 0 Å². The minimum absolute atomic E-state index is 0.113. The maximum Gasteiger partial charge on any atom is 0.0405 e. The van der Waals surface area contributed by atoms with Crippen molar-refractivity contribution >= 4 is 5.57 Å². The second kappa shape index (κ2) is 10.6. The monoisotopic (exact) mass is 472 g/mol. The highest BCUT2D eigenvalue weighted by Crippen LogP contribution is 2.25. The fraction of sp³-hybridized carbons (Fsp3) is 0.333. The molecule has 0 heteroatoms. The number of benzene rings is 3. The van der Waals surface area contributed by atoms with Crippen LogP contribution in [0.5, 0.6) is 0 Å². The van der Waals surface area contributed by atoms with E-state index in [2.05, 4.69) is 159 Å². The van der Waals surface area contributed by atoms with Crippen LogP contribution in [0.1, 0.15) is 95.7 Å². The van der Waals surface area contributed by atoms with Gasteiger partial charge >= 0.3 is 0 Å². The SMILES string of the molecule is CC(C)(C)c1ccc(C#C/C=C(/C#Cc2ccc(C(C)(C)C)cc2)c2ccc(C(C)(C)C)cc2)cc1. The van der Waals surface area contributed by atoms with Crippen molar-refractivity contribution in [2.24, 2.45) is 0 Å². The molecule has 0 radical (unpaired) electrons. The van der Waals surface area contributed by atoms with E-state index in [-0.39, 0.29) is 16.2 Å². The summed E-state index contributed by atoms with van der Waals surface area (Å²) in [5.74, 6) is 13.3. The zero-order chi connectivity index (χ0) is 26.6. The largest absolute Gasteiger partial charge is 0.0683 e. The van der Waals surface area contributed by atoms with Crippen LogP contribution in [-0.2, 0) is 16.2 Å². The standard InChI is InChI=1S/C36H40/c1-34(2,3)31-21-14-27(15-22-31)11-10-12-29(30-19-25-33(26-20-30)36(7,8)9)18-13-28-16-23-32(24-17-28)35(4,5)6/h12,14-17,19-26H,1-9H3/b29-12-. The zero-order valence-electron chi connectivity index (χ0n) is 23.5. The van der Waals surface area contributed by atoms with Gasteiger partial charge in [0.1, 0.15) is 0 Å². The van der Waals surface area contributed by atoms with Crippen molar-refractivity contribution in [2.45, 2.75) is 78.6 Å². The van der Waals surface area contributed by atoms with E-state index in [0.717, 1.165) is 22.3 Å². The molecule has 3 aromatic rings. The summed E-state index contributed by atoms with van der Waals surface area (Å²) in [5.41, 5.74) is 8.33. The Bertz CT molecular complexity index is 1320. The summed E-state index contributed by atoms with van der Waals surface area (Å²) in [5, 5.41) is 0. The molecule has 0 spiro atoms. The Labute approximate surface area is 219 Å². The van der Waals surface area contributed by atoms with E-state index in [1.165, 1.54) is 16.7 Å². The Morgan fingerprint density at radius 2 is 0.861 bits per heavy atom. The molecule has 0 nitrogen and oxygen atoms in total. The van der Waals surface area contributed by atoms with Gasteiger partial charge in [-0.25, -0.2) is 0 Å². The Balaban J connectivity index is 1.95. The Hall–Kier alpha value is -3.48. The van der Waals surface area contributed by atoms with Gasteiger partial charge in [-0.2, -0.15) is 0 Å². The molecule has 36 heavy (non-hydrogen) atoms. The summed E-state index contributed by atoms with van der Waals surface area (Å²) < 4.78 is 0. The quantitative estimate of drug-likeness (QED) is 0.310. The first kappa shape index (κ1) is 27.1. The van der Waals surface area contributed by atoms with E-state index in [1.807, 2.05) is 6.08 Å². The molecular weight excluding hydrogens is 432 g/mol. The average Bonchev–Trinajstić information content (AvgIpc) is 2.80. The summed E-state index contributed by atoms with van der Waals surface area (Å²) in [6.07, 6.45) is 1.94. The summed E-state index contributed by atoms with van der Waals surface area (Å²) in [7, 11) is 0. The van der Waals surface area contributed by atoms with E-state index >= 15 is 0 Å². The Morgan fingerprint density at radius 1 is 0.500 bits per heavy atom.